The summed E-state index contributed by atoms with van der Waals surface area (Å²) in [4.78, 5) is 2.39. The fourth-order valence-electron chi connectivity index (χ4n) is 1.63. The second kappa shape index (κ2) is 4.63. The number of rotatable bonds is 4. The molecular weight excluding hydrogens is 148 g/mol. The van der Waals surface area contributed by atoms with Crippen LogP contribution in [0.15, 0.2) is 12.7 Å². The molecule has 0 aromatic carbocycles. The van der Waals surface area contributed by atoms with Crippen molar-refractivity contribution in [3.05, 3.63) is 12.7 Å². The molecule has 1 aliphatic rings. The molecule has 0 spiro atoms. The average Bonchev–Trinajstić information content (AvgIpc) is 2.47. The third-order valence-electron chi connectivity index (χ3n) is 2.57. The van der Waals surface area contributed by atoms with Gasteiger partial charge in [0, 0.05) is 12.6 Å². The first-order valence-electron chi connectivity index (χ1n) is 4.77. The molecule has 2 heteroatoms. The van der Waals surface area contributed by atoms with Gasteiger partial charge in [-0.1, -0.05) is 6.08 Å². The second-order valence-electron chi connectivity index (χ2n) is 3.85. The Morgan fingerprint density at radius 3 is 3.00 bits per heavy atom. The maximum Gasteiger partial charge on any atom is 0.0219 e. The first-order chi connectivity index (χ1) is 5.72. The first kappa shape index (κ1) is 9.75. The van der Waals surface area contributed by atoms with Gasteiger partial charge < -0.3 is 10.2 Å². The quantitative estimate of drug-likeness (QED) is 0.632. The third kappa shape index (κ3) is 2.95. The summed E-state index contributed by atoms with van der Waals surface area (Å²) in [6.45, 7) is 9.53. The highest BCUT2D eigenvalue weighted by Crippen LogP contribution is 2.12. The standard InChI is InChI=1S/C10H20N2/c1-4-9(2)11-7-10-5-6-12(3)8-10/h4,9-11H,1,5-8H2,2-3H3. The molecule has 1 aliphatic heterocycles. The van der Waals surface area contributed by atoms with E-state index in [1.807, 2.05) is 6.08 Å². The summed E-state index contributed by atoms with van der Waals surface area (Å²) in [6.07, 6.45) is 3.30. The molecule has 0 aromatic heterocycles. The lowest BCUT2D eigenvalue weighted by molar-refractivity contribution is 0.386. The molecule has 2 nitrogen and oxygen atoms in total. The van der Waals surface area contributed by atoms with Gasteiger partial charge in [0.1, 0.15) is 0 Å². The Morgan fingerprint density at radius 1 is 1.75 bits per heavy atom. The van der Waals surface area contributed by atoms with Gasteiger partial charge >= 0.3 is 0 Å². The molecule has 2 atom stereocenters. The van der Waals surface area contributed by atoms with Crippen LogP contribution in [0.3, 0.4) is 0 Å². The van der Waals surface area contributed by atoms with Crippen molar-refractivity contribution in [2.24, 2.45) is 5.92 Å². The Hall–Kier alpha value is -0.340. The van der Waals surface area contributed by atoms with Gasteiger partial charge in [-0.2, -0.15) is 0 Å². The zero-order valence-electron chi connectivity index (χ0n) is 8.21. The summed E-state index contributed by atoms with van der Waals surface area (Å²) in [5.74, 6) is 0.845. The van der Waals surface area contributed by atoms with Crippen molar-refractivity contribution < 1.29 is 0 Å². The van der Waals surface area contributed by atoms with Crippen molar-refractivity contribution in [2.75, 3.05) is 26.7 Å². The first-order valence-corrected chi connectivity index (χ1v) is 4.77. The lowest BCUT2D eigenvalue weighted by Gasteiger charge is -2.14. The molecule has 2 unspecified atom stereocenters. The highest BCUT2D eigenvalue weighted by Gasteiger charge is 2.18. The van der Waals surface area contributed by atoms with E-state index in [9.17, 15) is 0 Å². The van der Waals surface area contributed by atoms with E-state index >= 15 is 0 Å². The zero-order valence-corrected chi connectivity index (χ0v) is 8.21. The fourth-order valence-corrected chi connectivity index (χ4v) is 1.63. The van der Waals surface area contributed by atoms with E-state index < -0.39 is 0 Å². The molecule has 1 rings (SSSR count). The number of nitrogens with zero attached hydrogens (tertiary/aromatic N) is 1. The number of hydrogen-bond acceptors (Lipinski definition) is 2. The molecule has 0 aliphatic carbocycles. The maximum absolute atomic E-state index is 3.75. The van der Waals surface area contributed by atoms with E-state index in [-0.39, 0.29) is 0 Å². The Balaban J connectivity index is 2.11. The molecule has 0 aromatic rings. The minimum atomic E-state index is 0.455. The van der Waals surface area contributed by atoms with Crippen LogP contribution in [-0.4, -0.2) is 37.6 Å². The van der Waals surface area contributed by atoms with Crippen molar-refractivity contribution in [2.45, 2.75) is 19.4 Å². The molecule has 1 saturated heterocycles. The van der Waals surface area contributed by atoms with E-state index in [1.54, 1.807) is 0 Å². The number of nitrogens with one attached hydrogen (secondary N) is 1. The lowest BCUT2D eigenvalue weighted by atomic mass is 10.1. The average molecular weight is 168 g/mol. The number of hydrogen-bond donors (Lipinski definition) is 1. The molecule has 0 radical (unpaired) electrons. The molecule has 70 valence electrons. The largest absolute Gasteiger partial charge is 0.310 e. The molecule has 12 heavy (non-hydrogen) atoms. The summed E-state index contributed by atoms with van der Waals surface area (Å²) < 4.78 is 0. The minimum Gasteiger partial charge on any atom is -0.310 e. The maximum atomic E-state index is 3.75. The van der Waals surface area contributed by atoms with Crippen LogP contribution < -0.4 is 5.32 Å². The summed E-state index contributed by atoms with van der Waals surface area (Å²) in [5.41, 5.74) is 0. The highest BCUT2D eigenvalue weighted by molar-refractivity contribution is 4.83. The summed E-state index contributed by atoms with van der Waals surface area (Å²) >= 11 is 0. The van der Waals surface area contributed by atoms with Gasteiger partial charge in [0.2, 0.25) is 0 Å². The van der Waals surface area contributed by atoms with E-state index in [2.05, 4.69) is 30.8 Å². The second-order valence-corrected chi connectivity index (χ2v) is 3.85. The molecule has 1 fully saturated rings. The summed E-state index contributed by atoms with van der Waals surface area (Å²) in [7, 11) is 2.19. The smallest absolute Gasteiger partial charge is 0.0219 e. The van der Waals surface area contributed by atoms with Gasteiger partial charge in [0.05, 0.1) is 0 Å². The van der Waals surface area contributed by atoms with Gasteiger partial charge in [0.15, 0.2) is 0 Å². The Bertz CT molecular complexity index is 145. The number of likely N-dealkylation sites (tertiary alicyclic amines) is 1. The van der Waals surface area contributed by atoms with E-state index in [0.717, 1.165) is 12.5 Å². The molecule has 0 bridgehead atoms. The summed E-state index contributed by atoms with van der Waals surface area (Å²) in [5, 5.41) is 3.45. The SMILES string of the molecule is C=CC(C)NCC1CCN(C)C1. The predicted molar refractivity (Wildman–Crippen MR) is 53.3 cm³/mol. The molecule has 0 saturated carbocycles. The summed E-state index contributed by atoms with van der Waals surface area (Å²) in [6, 6.07) is 0.455. The normalized spacial score (nSPS) is 27.3. The van der Waals surface area contributed by atoms with Gasteiger partial charge in [-0.15, -0.1) is 6.58 Å². The van der Waals surface area contributed by atoms with Crippen molar-refractivity contribution in [1.82, 2.24) is 10.2 Å². The van der Waals surface area contributed by atoms with Gasteiger partial charge in [-0.25, -0.2) is 0 Å². The third-order valence-corrected chi connectivity index (χ3v) is 2.57. The fraction of sp³-hybridized carbons (Fsp3) is 0.800. The van der Waals surface area contributed by atoms with Crippen LogP contribution in [0.2, 0.25) is 0 Å². The van der Waals surface area contributed by atoms with Crippen LogP contribution in [0.25, 0.3) is 0 Å². The van der Waals surface area contributed by atoms with Crippen molar-refractivity contribution in [1.29, 1.82) is 0 Å². The predicted octanol–water partition coefficient (Wildman–Crippen LogP) is 1.10. The monoisotopic (exact) mass is 168 g/mol. The van der Waals surface area contributed by atoms with Crippen molar-refractivity contribution in [3.8, 4) is 0 Å². The van der Waals surface area contributed by atoms with Crippen molar-refractivity contribution in [3.63, 3.8) is 0 Å². The van der Waals surface area contributed by atoms with Crippen LogP contribution in [0, 0.1) is 5.92 Å². The molecule has 1 N–H and O–H groups in total. The van der Waals surface area contributed by atoms with E-state index in [4.69, 9.17) is 0 Å². The van der Waals surface area contributed by atoms with Gasteiger partial charge in [0.25, 0.3) is 0 Å². The molecule has 0 amide bonds. The molecule has 1 heterocycles. The highest BCUT2D eigenvalue weighted by atomic mass is 15.1. The minimum absolute atomic E-state index is 0.455. The van der Waals surface area contributed by atoms with Crippen molar-refractivity contribution >= 4 is 0 Å². The molecular formula is C10H20N2. The lowest BCUT2D eigenvalue weighted by Crippen LogP contribution is -2.30. The van der Waals surface area contributed by atoms with Gasteiger partial charge in [-0.05, 0) is 39.4 Å². The van der Waals surface area contributed by atoms with Crippen LogP contribution in [0.4, 0.5) is 0 Å². The van der Waals surface area contributed by atoms with E-state index in [1.165, 1.54) is 19.5 Å². The van der Waals surface area contributed by atoms with E-state index in [0.29, 0.717) is 6.04 Å². The topological polar surface area (TPSA) is 15.3 Å². The Morgan fingerprint density at radius 2 is 2.50 bits per heavy atom. The van der Waals surface area contributed by atoms with Gasteiger partial charge in [-0.3, -0.25) is 0 Å². The Kier molecular flexibility index (Phi) is 3.76. The van der Waals surface area contributed by atoms with Crippen LogP contribution in [0.1, 0.15) is 13.3 Å². The van der Waals surface area contributed by atoms with Crippen LogP contribution in [-0.2, 0) is 0 Å². The zero-order chi connectivity index (χ0) is 8.97. The Labute approximate surface area is 75.6 Å². The van der Waals surface area contributed by atoms with Crippen LogP contribution in [0.5, 0.6) is 0 Å². The van der Waals surface area contributed by atoms with Crippen LogP contribution >= 0.6 is 0 Å².